The minimum absolute atomic E-state index is 0.283. The molecule has 0 saturated heterocycles. The molecule has 242 valence electrons. The highest BCUT2D eigenvalue weighted by Crippen LogP contribution is 2.35. The summed E-state index contributed by atoms with van der Waals surface area (Å²) in [6.07, 6.45) is -3.70. The SMILES string of the molecule is N#Cc1ccc(-c2ccc(C[C@H](NC(=O)c3c(F)cc(NC(=O)c4ccccc4C(F)(F)F)cc3F)C(=O)O)c3cccnc23)c(Cl)c1. The number of nitrogens with one attached hydrogen (secondary N) is 2. The zero-order chi connectivity index (χ0) is 34.7. The molecule has 0 unspecified atom stereocenters. The molecule has 8 nitrogen and oxygen atoms in total. The van der Waals surface area contributed by atoms with Crippen molar-refractivity contribution in [3.63, 3.8) is 0 Å². The summed E-state index contributed by atoms with van der Waals surface area (Å²) in [6, 6.07) is 16.4. The summed E-state index contributed by atoms with van der Waals surface area (Å²) >= 11 is 6.41. The first-order valence-electron chi connectivity index (χ1n) is 13.9. The molecule has 5 rings (SSSR count). The van der Waals surface area contributed by atoms with Crippen LogP contribution in [0, 0.1) is 23.0 Å². The minimum atomic E-state index is -4.88. The molecule has 0 saturated carbocycles. The quantitative estimate of drug-likeness (QED) is 0.147. The van der Waals surface area contributed by atoms with Gasteiger partial charge in [-0.1, -0.05) is 48.0 Å². The summed E-state index contributed by atoms with van der Waals surface area (Å²) in [4.78, 5) is 42.1. The van der Waals surface area contributed by atoms with Gasteiger partial charge in [-0.15, -0.1) is 0 Å². The Kier molecular flexibility index (Phi) is 9.40. The van der Waals surface area contributed by atoms with Crippen molar-refractivity contribution >= 4 is 46.0 Å². The van der Waals surface area contributed by atoms with Gasteiger partial charge in [-0.05, 0) is 48.0 Å². The number of pyridine rings is 1. The number of carbonyl (C=O) groups excluding carboxylic acids is 2. The van der Waals surface area contributed by atoms with Gasteiger partial charge < -0.3 is 15.7 Å². The third kappa shape index (κ3) is 6.93. The lowest BCUT2D eigenvalue weighted by molar-refractivity contribution is -0.139. The van der Waals surface area contributed by atoms with E-state index in [4.69, 9.17) is 16.9 Å². The van der Waals surface area contributed by atoms with E-state index in [9.17, 15) is 32.7 Å². The van der Waals surface area contributed by atoms with Gasteiger partial charge in [0.15, 0.2) is 0 Å². The number of hydrogen-bond acceptors (Lipinski definition) is 5. The van der Waals surface area contributed by atoms with Crippen molar-refractivity contribution in [2.75, 3.05) is 5.32 Å². The maximum absolute atomic E-state index is 15.0. The summed E-state index contributed by atoms with van der Waals surface area (Å²) in [5.74, 6) is -7.27. The molecule has 0 radical (unpaired) electrons. The molecule has 1 heterocycles. The molecule has 4 aromatic carbocycles. The summed E-state index contributed by atoms with van der Waals surface area (Å²) in [5.41, 5.74) is -1.49. The number of halogens is 6. The van der Waals surface area contributed by atoms with Gasteiger partial charge in [-0.25, -0.2) is 13.6 Å². The molecular weight excluding hydrogens is 659 g/mol. The standard InChI is InChI=1S/C34H20ClF5N4O4/c35-25-12-17(16-41)7-9-21(25)22-10-8-18(20-5-3-11-42-30(20)22)13-28(33(47)48)44-32(46)29-26(36)14-19(15-27(29)37)43-31(45)23-4-1-2-6-24(23)34(38,39)40/h1-12,14-15,28H,13H2,(H,43,45)(H,44,46)(H,47,48)/t28-/m0/s1. The number of nitriles is 1. The number of aromatic nitrogens is 1. The number of rotatable bonds is 8. The highest BCUT2D eigenvalue weighted by Gasteiger charge is 2.35. The number of fused-ring (bicyclic) bond motifs is 1. The third-order valence-electron chi connectivity index (χ3n) is 7.28. The average molecular weight is 679 g/mol. The van der Waals surface area contributed by atoms with Crippen LogP contribution < -0.4 is 10.6 Å². The van der Waals surface area contributed by atoms with Crippen LogP contribution in [0.4, 0.5) is 27.6 Å². The molecule has 48 heavy (non-hydrogen) atoms. The molecule has 5 aromatic rings. The van der Waals surface area contributed by atoms with E-state index in [1.54, 1.807) is 36.4 Å². The van der Waals surface area contributed by atoms with Crippen molar-refractivity contribution in [3.05, 3.63) is 130 Å². The summed E-state index contributed by atoms with van der Waals surface area (Å²) in [7, 11) is 0. The lowest BCUT2D eigenvalue weighted by atomic mass is 9.94. The molecule has 14 heteroatoms. The summed E-state index contributed by atoms with van der Waals surface area (Å²) < 4.78 is 70.0. The molecule has 0 bridgehead atoms. The highest BCUT2D eigenvalue weighted by atomic mass is 35.5. The Hall–Kier alpha value is -5.87. The van der Waals surface area contributed by atoms with Crippen LogP contribution in [0.5, 0.6) is 0 Å². The predicted octanol–water partition coefficient (Wildman–Crippen LogP) is 7.40. The van der Waals surface area contributed by atoms with Crippen LogP contribution in [-0.2, 0) is 17.4 Å². The Morgan fingerprint density at radius 2 is 1.60 bits per heavy atom. The Morgan fingerprint density at radius 3 is 2.25 bits per heavy atom. The Morgan fingerprint density at radius 1 is 0.917 bits per heavy atom. The number of nitrogens with zero attached hydrogens (tertiary/aromatic N) is 2. The number of anilines is 1. The lowest BCUT2D eigenvalue weighted by Gasteiger charge is -2.18. The smallest absolute Gasteiger partial charge is 0.417 e. The van der Waals surface area contributed by atoms with E-state index in [0.29, 0.717) is 51.4 Å². The molecular formula is C34H20ClF5N4O4. The van der Waals surface area contributed by atoms with Crippen LogP contribution in [-0.4, -0.2) is 33.9 Å². The first-order valence-corrected chi connectivity index (χ1v) is 14.2. The zero-order valence-electron chi connectivity index (χ0n) is 24.2. The zero-order valence-corrected chi connectivity index (χ0v) is 25.0. The molecule has 1 atom stereocenters. The number of aliphatic carboxylic acids is 1. The second-order valence-electron chi connectivity index (χ2n) is 10.4. The average Bonchev–Trinajstić information content (AvgIpc) is 3.04. The Balaban J connectivity index is 1.39. The van der Waals surface area contributed by atoms with Crippen molar-refractivity contribution in [2.24, 2.45) is 0 Å². The van der Waals surface area contributed by atoms with Crippen LogP contribution >= 0.6 is 11.6 Å². The largest absolute Gasteiger partial charge is 0.480 e. The maximum Gasteiger partial charge on any atom is 0.417 e. The van der Waals surface area contributed by atoms with Crippen LogP contribution in [0.15, 0.2) is 85.1 Å². The second-order valence-corrected chi connectivity index (χ2v) is 10.8. The van der Waals surface area contributed by atoms with Crippen molar-refractivity contribution in [1.29, 1.82) is 5.26 Å². The van der Waals surface area contributed by atoms with Crippen molar-refractivity contribution < 1.29 is 41.4 Å². The van der Waals surface area contributed by atoms with Crippen molar-refractivity contribution in [1.82, 2.24) is 10.3 Å². The Bertz CT molecular complexity index is 2130. The van der Waals surface area contributed by atoms with Crippen molar-refractivity contribution in [3.8, 4) is 17.2 Å². The lowest BCUT2D eigenvalue weighted by Crippen LogP contribution is -2.43. The maximum atomic E-state index is 15.0. The Labute approximate surface area is 273 Å². The van der Waals surface area contributed by atoms with E-state index in [-0.39, 0.29) is 11.4 Å². The molecule has 0 aliphatic rings. The predicted molar refractivity (Wildman–Crippen MR) is 165 cm³/mol. The van der Waals surface area contributed by atoms with Crippen LogP contribution in [0.3, 0.4) is 0 Å². The van der Waals surface area contributed by atoms with E-state index in [2.05, 4.69) is 10.3 Å². The second kappa shape index (κ2) is 13.5. The van der Waals surface area contributed by atoms with Crippen LogP contribution in [0.2, 0.25) is 5.02 Å². The minimum Gasteiger partial charge on any atom is -0.480 e. The van der Waals surface area contributed by atoms with E-state index in [0.717, 1.165) is 12.1 Å². The molecule has 0 spiro atoms. The fourth-order valence-electron chi connectivity index (χ4n) is 5.07. The number of carboxylic acid groups (broad SMARTS) is 1. The van der Waals surface area contributed by atoms with Gasteiger partial charge in [0.05, 0.1) is 28.3 Å². The number of amides is 2. The molecule has 0 fully saturated rings. The number of benzene rings is 4. The molecule has 1 aromatic heterocycles. The van der Waals surface area contributed by atoms with Gasteiger partial charge in [0.2, 0.25) is 0 Å². The van der Waals surface area contributed by atoms with Crippen LogP contribution in [0.25, 0.3) is 22.0 Å². The number of hydrogen-bond donors (Lipinski definition) is 3. The fraction of sp³-hybridized carbons (Fsp3) is 0.0882. The van der Waals surface area contributed by atoms with Gasteiger partial charge in [0.1, 0.15) is 23.2 Å². The van der Waals surface area contributed by atoms with E-state index >= 15 is 8.78 Å². The monoisotopic (exact) mass is 678 g/mol. The first-order chi connectivity index (χ1) is 22.8. The van der Waals surface area contributed by atoms with Crippen LogP contribution in [0.1, 0.15) is 37.4 Å². The van der Waals surface area contributed by atoms with E-state index in [1.165, 1.54) is 18.3 Å². The van der Waals surface area contributed by atoms with Gasteiger partial charge in [0.25, 0.3) is 11.8 Å². The number of carbonyl (C=O) groups is 3. The van der Waals surface area contributed by atoms with Gasteiger partial charge >= 0.3 is 12.1 Å². The number of alkyl halides is 3. The van der Waals surface area contributed by atoms with Gasteiger partial charge in [0, 0.05) is 39.8 Å². The molecule has 3 N–H and O–H groups in total. The third-order valence-corrected chi connectivity index (χ3v) is 7.59. The van der Waals surface area contributed by atoms with E-state index in [1.807, 2.05) is 11.4 Å². The van der Waals surface area contributed by atoms with Crippen molar-refractivity contribution in [2.45, 2.75) is 18.6 Å². The normalized spacial score (nSPS) is 11.9. The topological polar surface area (TPSA) is 132 Å². The highest BCUT2D eigenvalue weighted by molar-refractivity contribution is 6.33. The van der Waals surface area contributed by atoms with Gasteiger partial charge in [-0.2, -0.15) is 18.4 Å². The molecule has 0 aliphatic heterocycles. The molecule has 2 amide bonds. The molecule has 0 aliphatic carbocycles. The summed E-state index contributed by atoms with van der Waals surface area (Å²) in [6.45, 7) is 0. The number of carboxylic acids is 1. The summed E-state index contributed by atoms with van der Waals surface area (Å²) in [5, 5.41) is 23.9. The first kappa shape index (κ1) is 33.5. The van der Waals surface area contributed by atoms with E-state index < -0.39 is 64.0 Å². The van der Waals surface area contributed by atoms with Gasteiger partial charge in [-0.3, -0.25) is 14.6 Å². The fourth-order valence-corrected chi connectivity index (χ4v) is 5.35.